The summed E-state index contributed by atoms with van der Waals surface area (Å²) in [6.45, 7) is 7.23. The minimum absolute atomic E-state index is 0. The summed E-state index contributed by atoms with van der Waals surface area (Å²) in [6, 6.07) is 6.72. The van der Waals surface area contributed by atoms with Gasteiger partial charge in [0.25, 0.3) is 0 Å². The fourth-order valence-electron chi connectivity index (χ4n) is 3.72. The van der Waals surface area contributed by atoms with E-state index in [-0.39, 0.29) is 31.1 Å². The first-order valence-corrected chi connectivity index (χ1v) is 12.2. The molecule has 0 aromatic heterocycles. The summed E-state index contributed by atoms with van der Waals surface area (Å²) < 4.78 is 28.0. The number of fused-ring (bicyclic) bond motifs is 1. The Labute approximate surface area is 220 Å². The maximum absolute atomic E-state index is 11.4. The van der Waals surface area contributed by atoms with Crippen molar-refractivity contribution in [3.8, 4) is 0 Å². The van der Waals surface area contributed by atoms with Gasteiger partial charge in [-0.3, -0.25) is 0 Å². The third-order valence-corrected chi connectivity index (χ3v) is 5.53. The number of hydrogen-bond acceptors (Lipinski definition) is 10. The zero-order valence-corrected chi connectivity index (χ0v) is 22.7. The minimum Gasteiger partial charge on any atom is -0.462 e. The fraction of sp³-hybridized carbons (Fsp3) is 0.720. The molecule has 36 heavy (non-hydrogen) atoms. The summed E-state index contributed by atoms with van der Waals surface area (Å²) in [5.41, 5.74) is 6.70. The van der Waals surface area contributed by atoms with E-state index in [1.807, 2.05) is 27.9 Å². The van der Waals surface area contributed by atoms with Crippen LogP contribution in [0.5, 0.6) is 0 Å². The first kappa shape index (κ1) is 32.5. The number of nitrogens with zero attached hydrogens (tertiary/aromatic N) is 1. The van der Waals surface area contributed by atoms with Crippen LogP contribution in [-0.4, -0.2) is 98.0 Å². The van der Waals surface area contributed by atoms with E-state index < -0.39 is 30.4 Å². The lowest BCUT2D eigenvalue weighted by Gasteiger charge is -2.28. The lowest BCUT2D eigenvalue weighted by Crippen LogP contribution is -2.44. The Bertz CT molecular complexity index is 765. The predicted molar refractivity (Wildman–Crippen MR) is 138 cm³/mol. The average molecular weight is 535 g/mol. The molecule has 2 aliphatic heterocycles. The van der Waals surface area contributed by atoms with Gasteiger partial charge in [0.05, 0.1) is 18.8 Å². The van der Waals surface area contributed by atoms with E-state index >= 15 is 0 Å². The molecule has 1 aromatic carbocycles. The van der Waals surface area contributed by atoms with Crippen molar-refractivity contribution in [3.05, 3.63) is 29.8 Å². The number of aliphatic hydroxyl groups excluding tert-OH is 2. The van der Waals surface area contributed by atoms with Crippen LogP contribution in [0.15, 0.2) is 24.3 Å². The second kappa shape index (κ2) is 15.7. The first-order chi connectivity index (χ1) is 16.6. The van der Waals surface area contributed by atoms with Crippen molar-refractivity contribution in [2.24, 2.45) is 0 Å². The average Bonchev–Trinajstić information content (AvgIpc) is 3.28. The van der Waals surface area contributed by atoms with Gasteiger partial charge in [-0.15, -0.1) is 12.4 Å². The van der Waals surface area contributed by atoms with Crippen LogP contribution in [-0.2, 0) is 23.7 Å². The number of benzene rings is 1. The topological polar surface area (TPSA) is 133 Å². The number of carbonyl (C=O) groups is 1. The van der Waals surface area contributed by atoms with Crippen LogP contribution < -0.4 is 5.73 Å². The molecule has 2 saturated heterocycles. The van der Waals surface area contributed by atoms with E-state index in [0.29, 0.717) is 24.5 Å². The highest BCUT2D eigenvalue weighted by molar-refractivity contribution is 5.89. The van der Waals surface area contributed by atoms with E-state index in [1.54, 1.807) is 24.3 Å². The number of unbranched alkanes of at least 4 members (excludes halogenated alkanes) is 1. The molecular formula is C25H43ClN2O8. The molecule has 2 heterocycles. The van der Waals surface area contributed by atoms with Gasteiger partial charge in [0.15, 0.2) is 12.1 Å². The summed E-state index contributed by atoms with van der Waals surface area (Å²) in [6.07, 6.45) is -0.245. The Morgan fingerprint density at radius 1 is 1.17 bits per heavy atom. The molecule has 1 aromatic rings. The van der Waals surface area contributed by atoms with Crippen molar-refractivity contribution in [2.75, 3.05) is 46.2 Å². The number of aliphatic hydroxyl groups is 2. The molecular weight excluding hydrogens is 492 g/mol. The molecule has 0 aliphatic carbocycles. The van der Waals surface area contributed by atoms with E-state index in [1.165, 1.54) is 0 Å². The number of nitrogens with two attached hydrogens (primary N) is 1. The molecule has 0 radical (unpaired) electrons. The van der Waals surface area contributed by atoms with Gasteiger partial charge in [0, 0.05) is 12.3 Å². The number of nitrogen functional groups attached to an aromatic ring is 1. The molecule has 5 unspecified atom stereocenters. The van der Waals surface area contributed by atoms with Gasteiger partial charge in [-0.1, -0.05) is 13.3 Å². The van der Waals surface area contributed by atoms with Gasteiger partial charge in [0.2, 0.25) is 0 Å². The number of anilines is 1. The van der Waals surface area contributed by atoms with Crippen molar-refractivity contribution in [1.82, 2.24) is 4.90 Å². The summed E-state index contributed by atoms with van der Waals surface area (Å²) >= 11 is 0. The monoisotopic (exact) mass is 534 g/mol. The molecule has 208 valence electrons. The first-order valence-electron chi connectivity index (χ1n) is 12.2. The Morgan fingerprint density at radius 2 is 1.83 bits per heavy atom. The standard InChI is InChI=1S/C14H27NO6.C11H15NO2.ClH/c1-14(2)20-12-11(18-7-5-6-15(3)4)10(9(17)8-16)19-13(12)21-14;1-2-3-8-14-11(13)9-4-6-10(12)7-5-9;/h9-13,16-17H,5-8H2,1-4H3;4-7H,2-3,8,12H2,1H3;1H. The quantitative estimate of drug-likeness (QED) is 0.220. The summed E-state index contributed by atoms with van der Waals surface area (Å²) in [5, 5.41) is 19.0. The molecule has 2 aliphatic rings. The second-order valence-electron chi connectivity index (χ2n) is 9.42. The third kappa shape index (κ3) is 10.1. The molecule has 10 nitrogen and oxygen atoms in total. The zero-order valence-electron chi connectivity index (χ0n) is 21.9. The molecule has 0 saturated carbocycles. The molecule has 11 heteroatoms. The van der Waals surface area contributed by atoms with Gasteiger partial charge < -0.3 is 44.5 Å². The molecule has 0 bridgehead atoms. The van der Waals surface area contributed by atoms with Gasteiger partial charge in [-0.25, -0.2) is 4.79 Å². The Kier molecular flexibility index (Phi) is 14.2. The number of ether oxygens (including phenoxy) is 5. The molecule has 4 N–H and O–H groups in total. The van der Waals surface area contributed by atoms with Gasteiger partial charge >= 0.3 is 5.97 Å². The second-order valence-corrected chi connectivity index (χ2v) is 9.42. The molecule has 0 amide bonds. The van der Waals surface area contributed by atoms with E-state index in [2.05, 4.69) is 11.8 Å². The van der Waals surface area contributed by atoms with Crippen LogP contribution in [0.1, 0.15) is 50.4 Å². The van der Waals surface area contributed by atoms with Crippen molar-refractivity contribution < 1.29 is 38.7 Å². The number of halogens is 1. The predicted octanol–water partition coefficient (Wildman–Crippen LogP) is 2.20. The van der Waals surface area contributed by atoms with Gasteiger partial charge in [-0.05, 0) is 71.6 Å². The third-order valence-electron chi connectivity index (χ3n) is 5.53. The fourth-order valence-corrected chi connectivity index (χ4v) is 3.72. The number of carbonyl (C=O) groups excluding carboxylic acids is 1. The SMILES string of the molecule is CCCCOC(=O)c1ccc(N)cc1.CN(C)CCCOC1C(C(O)CO)OC2OC(C)(C)OC21.Cl. The van der Waals surface area contributed by atoms with Crippen molar-refractivity contribution in [2.45, 2.75) is 76.5 Å². The Hall–Kier alpha value is -1.50. The lowest BCUT2D eigenvalue weighted by molar-refractivity contribution is -0.231. The number of hydrogen-bond donors (Lipinski definition) is 3. The minimum atomic E-state index is -1.01. The summed E-state index contributed by atoms with van der Waals surface area (Å²) in [7, 11) is 4.01. The van der Waals surface area contributed by atoms with Crippen molar-refractivity contribution in [1.29, 1.82) is 0 Å². The molecule has 0 spiro atoms. The van der Waals surface area contributed by atoms with Crippen LogP contribution in [0.25, 0.3) is 0 Å². The Morgan fingerprint density at radius 3 is 2.42 bits per heavy atom. The highest BCUT2D eigenvalue weighted by Crippen LogP contribution is 2.39. The maximum Gasteiger partial charge on any atom is 0.338 e. The number of rotatable bonds is 11. The smallest absolute Gasteiger partial charge is 0.338 e. The van der Waals surface area contributed by atoms with Crippen molar-refractivity contribution >= 4 is 24.1 Å². The zero-order chi connectivity index (χ0) is 26.0. The maximum atomic E-state index is 11.4. The van der Waals surface area contributed by atoms with Crippen LogP contribution in [0, 0.1) is 0 Å². The highest BCUT2D eigenvalue weighted by atomic mass is 35.5. The molecule has 3 rings (SSSR count). The summed E-state index contributed by atoms with van der Waals surface area (Å²) in [4.78, 5) is 13.4. The molecule has 5 atom stereocenters. The van der Waals surface area contributed by atoms with E-state index in [4.69, 9.17) is 34.5 Å². The van der Waals surface area contributed by atoms with Gasteiger partial charge in [0.1, 0.15) is 24.4 Å². The van der Waals surface area contributed by atoms with Crippen molar-refractivity contribution in [3.63, 3.8) is 0 Å². The Balaban J connectivity index is 0.000000379. The molecule has 2 fully saturated rings. The largest absolute Gasteiger partial charge is 0.462 e. The van der Waals surface area contributed by atoms with Crippen LogP contribution in [0.4, 0.5) is 5.69 Å². The van der Waals surface area contributed by atoms with Crippen LogP contribution >= 0.6 is 12.4 Å². The van der Waals surface area contributed by atoms with E-state index in [9.17, 15) is 9.90 Å². The lowest BCUT2D eigenvalue weighted by atomic mass is 10.1. The van der Waals surface area contributed by atoms with E-state index in [0.717, 1.165) is 25.8 Å². The van der Waals surface area contributed by atoms with Gasteiger partial charge in [-0.2, -0.15) is 0 Å². The van der Waals surface area contributed by atoms with Crippen LogP contribution in [0.2, 0.25) is 0 Å². The summed E-state index contributed by atoms with van der Waals surface area (Å²) in [5.74, 6) is -1.01. The highest BCUT2D eigenvalue weighted by Gasteiger charge is 2.56. The van der Waals surface area contributed by atoms with Crippen LogP contribution in [0.3, 0.4) is 0 Å². The normalized spacial score (nSPS) is 24.9. The number of esters is 1.